The molecule has 0 bridgehead atoms. The normalized spacial score (nSPS) is 19.8. The summed E-state index contributed by atoms with van der Waals surface area (Å²) in [5.74, 6) is 0.126. The predicted octanol–water partition coefficient (Wildman–Crippen LogP) is 3.89. The van der Waals surface area contributed by atoms with Crippen molar-refractivity contribution in [1.82, 2.24) is 5.32 Å². The highest BCUT2D eigenvalue weighted by Gasteiger charge is 2.20. The largest absolute Gasteiger partial charge is 0.385 e. The van der Waals surface area contributed by atoms with E-state index in [2.05, 4.69) is 16.7 Å². The minimum Gasteiger partial charge on any atom is -0.385 e. The SMILES string of the molecule is O=C(NC1CCCCCCC1)c1cccc2c1CCCN2. The van der Waals surface area contributed by atoms with Gasteiger partial charge in [0.2, 0.25) is 0 Å². The molecule has 1 aliphatic heterocycles. The molecule has 0 unspecified atom stereocenters. The average Bonchev–Trinajstić information content (AvgIpc) is 2.49. The molecule has 1 heterocycles. The second-order valence-corrected chi connectivity index (χ2v) is 6.38. The van der Waals surface area contributed by atoms with Gasteiger partial charge in [-0.25, -0.2) is 0 Å². The van der Waals surface area contributed by atoms with Crippen LogP contribution in [0.3, 0.4) is 0 Å². The van der Waals surface area contributed by atoms with Gasteiger partial charge in [-0.05, 0) is 43.4 Å². The van der Waals surface area contributed by atoms with E-state index in [1.54, 1.807) is 0 Å². The second-order valence-electron chi connectivity index (χ2n) is 6.38. The van der Waals surface area contributed by atoms with Crippen LogP contribution in [0.4, 0.5) is 5.69 Å². The minimum atomic E-state index is 0.126. The van der Waals surface area contributed by atoms with E-state index in [9.17, 15) is 4.79 Å². The molecule has 1 fully saturated rings. The van der Waals surface area contributed by atoms with Gasteiger partial charge in [0, 0.05) is 23.8 Å². The van der Waals surface area contributed by atoms with Crippen LogP contribution in [0.25, 0.3) is 0 Å². The molecule has 114 valence electrons. The Morgan fingerprint density at radius 1 is 1.05 bits per heavy atom. The third-order valence-corrected chi connectivity index (χ3v) is 4.78. The summed E-state index contributed by atoms with van der Waals surface area (Å²) >= 11 is 0. The van der Waals surface area contributed by atoms with Gasteiger partial charge in [0.05, 0.1) is 0 Å². The molecule has 2 aliphatic rings. The molecule has 0 aromatic heterocycles. The Kier molecular flexibility index (Phi) is 4.79. The first-order valence-corrected chi connectivity index (χ1v) is 8.51. The summed E-state index contributed by atoms with van der Waals surface area (Å²) in [5, 5.41) is 6.69. The molecule has 1 saturated carbocycles. The molecule has 0 radical (unpaired) electrons. The van der Waals surface area contributed by atoms with Gasteiger partial charge in [0.15, 0.2) is 0 Å². The van der Waals surface area contributed by atoms with Crippen molar-refractivity contribution < 1.29 is 4.79 Å². The van der Waals surface area contributed by atoms with Crippen molar-refractivity contribution in [2.75, 3.05) is 11.9 Å². The second kappa shape index (κ2) is 6.97. The van der Waals surface area contributed by atoms with Crippen molar-refractivity contribution in [1.29, 1.82) is 0 Å². The van der Waals surface area contributed by atoms with Crippen LogP contribution in [-0.4, -0.2) is 18.5 Å². The molecule has 0 saturated heterocycles. The minimum absolute atomic E-state index is 0.126. The lowest BCUT2D eigenvalue weighted by molar-refractivity contribution is 0.0929. The number of hydrogen-bond donors (Lipinski definition) is 2. The fraction of sp³-hybridized carbons (Fsp3) is 0.611. The number of benzene rings is 1. The van der Waals surface area contributed by atoms with Gasteiger partial charge in [-0.2, -0.15) is 0 Å². The summed E-state index contributed by atoms with van der Waals surface area (Å²) in [6.45, 7) is 1.01. The summed E-state index contributed by atoms with van der Waals surface area (Å²) in [5.41, 5.74) is 3.22. The van der Waals surface area contributed by atoms with Crippen molar-refractivity contribution in [3.05, 3.63) is 29.3 Å². The van der Waals surface area contributed by atoms with Crippen LogP contribution in [0.1, 0.15) is 67.3 Å². The first kappa shape index (κ1) is 14.4. The fourth-order valence-corrected chi connectivity index (χ4v) is 3.59. The molecule has 2 N–H and O–H groups in total. The molecule has 21 heavy (non-hydrogen) atoms. The number of rotatable bonds is 2. The Labute approximate surface area is 127 Å². The number of hydrogen-bond acceptors (Lipinski definition) is 2. The van der Waals surface area contributed by atoms with E-state index >= 15 is 0 Å². The number of nitrogens with one attached hydrogen (secondary N) is 2. The molecule has 1 amide bonds. The summed E-state index contributed by atoms with van der Waals surface area (Å²) < 4.78 is 0. The summed E-state index contributed by atoms with van der Waals surface area (Å²) in [6, 6.07) is 6.42. The van der Waals surface area contributed by atoms with Crippen molar-refractivity contribution in [3.63, 3.8) is 0 Å². The lowest BCUT2D eigenvalue weighted by atomic mass is 9.94. The van der Waals surface area contributed by atoms with E-state index in [0.717, 1.165) is 43.5 Å². The van der Waals surface area contributed by atoms with E-state index in [-0.39, 0.29) is 5.91 Å². The van der Waals surface area contributed by atoms with Gasteiger partial charge >= 0.3 is 0 Å². The summed E-state index contributed by atoms with van der Waals surface area (Å²) in [6.07, 6.45) is 10.9. The third-order valence-electron chi connectivity index (χ3n) is 4.78. The van der Waals surface area contributed by atoms with Crippen LogP contribution in [0.5, 0.6) is 0 Å². The van der Waals surface area contributed by atoms with Crippen molar-refractivity contribution >= 4 is 11.6 Å². The highest BCUT2D eigenvalue weighted by Crippen LogP contribution is 2.26. The molecule has 3 nitrogen and oxygen atoms in total. The maximum atomic E-state index is 12.6. The third kappa shape index (κ3) is 3.58. The zero-order chi connectivity index (χ0) is 14.5. The van der Waals surface area contributed by atoms with Gasteiger partial charge in [-0.15, -0.1) is 0 Å². The molecule has 1 aromatic rings. The van der Waals surface area contributed by atoms with Gasteiger partial charge in [0.1, 0.15) is 0 Å². The average molecular weight is 286 g/mol. The number of anilines is 1. The quantitative estimate of drug-likeness (QED) is 0.866. The van der Waals surface area contributed by atoms with Crippen LogP contribution in [-0.2, 0) is 6.42 Å². The monoisotopic (exact) mass is 286 g/mol. The van der Waals surface area contributed by atoms with E-state index in [0.29, 0.717) is 6.04 Å². The van der Waals surface area contributed by atoms with Crippen molar-refractivity contribution in [3.8, 4) is 0 Å². The Morgan fingerprint density at radius 3 is 2.62 bits per heavy atom. The van der Waals surface area contributed by atoms with E-state index < -0.39 is 0 Å². The van der Waals surface area contributed by atoms with Gasteiger partial charge in [0.25, 0.3) is 5.91 Å². The van der Waals surface area contributed by atoms with E-state index in [1.807, 2.05) is 12.1 Å². The molecule has 1 aliphatic carbocycles. The summed E-state index contributed by atoms with van der Waals surface area (Å²) in [7, 11) is 0. The number of amides is 1. The number of carbonyl (C=O) groups is 1. The van der Waals surface area contributed by atoms with Crippen LogP contribution in [0.2, 0.25) is 0 Å². The first-order chi connectivity index (χ1) is 10.3. The topological polar surface area (TPSA) is 41.1 Å². The molecule has 3 rings (SSSR count). The van der Waals surface area contributed by atoms with Gasteiger partial charge < -0.3 is 10.6 Å². The smallest absolute Gasteiger partial charge is 0.251 e. The Bertz CT molecular complexity index is 490. The summed E-state index contributed by atoms with van der Waals surface area (Å²) in [4.78, 5) is 12.6. The molecule has 3 heteroatoms. The van der Waals surface area contributed by atoms with Crippen molar-refractivity contribution in [2.24, 2.45) is 0 Å². The van der Waals surface area contributed by atoms with Crippen LogP contribution < -0.4 is 10.6 Å². The van der Waals surface area contributed by atoms with Gasteiger partial charge in [-0.1, -0.05) is 38.2 Å². The standard InChI is InChI=1S/C18H26N2O/c21-18(20-14-8-4-2-1-3-5-9-14)16-10-6-12-17-15(16)11-7-13-19-17/h6,10,12,14,19H,1-5,7-9,11,13H2,(H,20,21). The molecular weight excluding hydrogens is 260 g/mol. The fourth-order valence-electron chi connectivity index (χ4n) is 3.59. The Hall–Kier alpha value is -1.51. The Balaban J connectivity index is 1.70. The molecule has 0 atom stereocenters. The molecular formula is C18H26N2O. The van der Waals surface area contributed by atoms with Crippen molar-refractivity contribution in [2.45, 2.75) is 63.8 Å². The lowest BCUT2D eigenvalue weighted by Gasteiger charge is -2.24. The number of carbonyl (C=O) groups excluding carboxylic acids is 1. The number of fused-ring (bicyclic) bond motifs is 1. The maximum absolute atomic E-state index is 12.6. The highest BCUT2D eigenvalue weighted by atomic mass is 16.1. The Morgan fingerprint density at radius 2 is 1.81 bits per heavy atom. The van der Waals surface area contributed by atoms with Crippen LogP contribution >= 0.6 is 0 Å². The van der Waals surface area contributed by atoms with E-state index in [4.69, 9.17) is 0 Å². The highest BCUT2D eigenvalue weighted by molar-refractivity contribution is 5.97. The first-order valence-electron chi connectivity index (χ1n) is 8.51. The molecule has 1 aromatic carbocycles. The maximum Gasteiger partial charge on any atom is 0.251 e. The van der Waals surface area contributed by atoms with Crippen LogP contribution in [0.15, 0.2) is 18.2 Å². The van der Waals surface area contributed by atoms with Crippen LogP contribution in [0, 0.1) is 0 Å². The van der Waals surface area contributed by atoms with Gasteiger partial charge in [-0.3, -0.25) is 4.79 Å². The van der Waals surface area contributed by atoms with E-state index in [1.165, 1.54) is 37.7 Å². The lowest BCUT2D eigenvalue weighted by Crippen LogP contribution is -2.36. The molecule has 0 spiro atoms. The zero-order valence-electron chi connectivity index (χ0n) is 12.8. The predicted molar refractivity (Wildman–Crippen MR) is 86.8 cm³/mol. The zero-order valence-corrected chi connectivity index (χ0v) is 12.8.